The van der Waals surface area contributed by atoms with Gasteiger partial charge in [-0.05, 0) is 25.0 Å². The van der Waals surface area contributed by atoms with E-state index in [1.807, 2.05) is 5.32 Å². The molecule has 0 unspecified atom stereocenters. The third kappa shape index (κ3) is 5.08. The summed E-state index contributed by atoms with van der Waals surface area (Å²) in [5.41, 5.74) is -0.543. The molecule has 1 saturated carbocycles. The summed E-state index contributed by atoms with van der Waals surface area (Å²) in [5.74, 6) is -6.39. The highest BCUT2D eigenvalue weighted by atomic mass is 19.3. The lowest BCUT2D eigenvalue weighted by atomic mass is 10.1. The molecule has 3 rings (SSSR count). The number of halogens is 2. The van der Waals surface area contributed by atoms with Gasteiger partial charge >= 0.3 is 5.92 Å². The number of rotatable bonds is 6. The van der Waals surface area contributed by atoms with E-state index in [1.54, 1.807) is 4.90 Å². The van der Waals surface area contributed by atoms with Gasteiger partial charge in [0, 0.05) is 31.1 Å². The molecule has 1 atom stereocenters. The smallest absolute Gasteiger partial charge is 0.322 e. The van der Waals surface area contributed by atoms with Crippen molar-refractivity contribution in [3.63, 3.8) is 0 Å². The number of benzene rings is 1. The van der Waals surface area contributed by atoms with E-state index < -0.39 is 35.0 Å². The van der Waals surface area contributed by atoms with E-state index in [4.69, 9.17) is 10.1 Å². The highest BCUT2D eigenvalue weighted by molar-refractivity contribution is 6.08. The van der Waals surface area contributed by atoms with Crippen LogP contribution in [0.2, 0.25) is 0 Å². The van der Waals surface area contributed by atoms with Crippen molar-refractivity contribution >= 4 is 23.6 Å². The van der Waals surface area contributed by atoms with Gasteiger partial charge in [0.1, 0.15) is 11.3 Å². The summed E-state index contributed by atoms with van der Waals surface area (Å²) in [4.78, 5) is 38.1. The maximum absolute atomic E-state index is 13.0. The van der Waals surface area contributed by atoms with Crippen molar-refractivity contribution in [1.29, 1.82) is 10.7 Å². The predicted molar refractivity (Wildman–Crippen MR) is 108 cm³/mol. The van der Waals surface area contributed by atoms with Crippen molar-refractivity contribution in [1.82, 2.24) is 15.5 Å². The van der Waals surface area contributed by atoms with Crippen molar-refractivity contribution in [2.45, 2.75) is 31.7 Å². The Balaban J connectivity index is 1.57. The van der Waals surface area contributed by atoms with Crippen LogP contribution in [0.3, 0.4) is 0 Å². The van der Waals surface area contributed by atoms with Gasteiger partial charge in [0.2, 0.25) is 5.91 Å². The monoisotopic (exact) mass is 447 g/mol. The van der Waals surface area contributed by atoms with Crippen LogP contribution < -0.4 is 10.6 Å². The first-order valence-electron chi connectivity index (χ1n) is 10.0. The predicted octanol–water partition coefficient (Wildman–Crippen LogP) is 1.04. The Labute approximate surface area is 183 Å². The van der Waals surface area contributed by atoms with E-state index >= 15 is 0 Å². The second-order valence-electron chi connectivity index (χ2n) is 7.93. The number of amides is 3. The largest absolute Gasteiger partial charge is 0.377 e. The highest BCUT2D eigenvalue weighted by Gasteiger charge is 2.53. The minimum Gasteiger partial charge on any atom is -0.377 e. The summed E-state index contributed by atoms with van der Waals surface area (Å²) < 4.78 is 31.3. The second-order valence-corrected chi connectivity index (χ2v) is 7.93. The normalized spacial score (nSPS) is 19.4. The fourth-order valence-electron chi connectivity index (χ4n) is 3.26. The number of amidine groups is 1. The van der Waals surface area contributed by atoms with Crippen LogP contribution in [0.25, 0.3) is 0 Å². The Morgan fingerprint density at radius 3 is 2.47 bits per heavy atom. The first-order valence-corrected chi connectivity index (χ1v) is 10.0. The van der Waals surface area contributed by atoms with Crippen LogP contribution >= 0.6 is 0 Å². The fraction of sp³-hybridized carbons (Fsp3) is 0.476. The fourth-order valence-corrected chi connectivity index (χ4v) is 3.26. The zero-order valence-corrected chi connectivity index (χ0v) is 17.4. The van der Waals surface area contributed by atoms with Crippen molar-refractivity contribution in [2.24, 2.45) is 5.41 Å². The topological polar surface area (TPSA) is 135 Å². The molecule has 0 bridgehead atoms. The average molecular weight is 447 g/mol. The number of carbonyl (C=O) groups excluding carboxylic acids is 3. The van der Waals surface area contributed by atoms with Gasteiger partial charge in [-0.2, -0.15) is 14.0 Å². The van der Waals surface area contributed by atoms with Crippen LogP contribution in [-0.2, 0) is 14.3 Å². The molecule has 0 radical (unpaired) electrons. The van der Waals surface area contributed by atoms with E-state index in [0.29, 0.717) is 32.9 Å². The molecule has 1 aromatic carbocycles. The van der Waals surface area contributed by atoms with Gasteiger partial charge in [0.15, 0.2) is 0 Å². The lowest BCUT2D eigenvalue weighted by Crippen LogP contribution is -2.55. The van der Waals surface area contributed by atoms with E-state index in [1.165, 1.54) is 24.3 Å². The number of morpholine rings is 1. The first-order chi connectivity index (χ1) is 15.1. The quantitative estimate of drug-likeness (QED) is 0.442. The molecule has 2 aliphatic rings. The van der Waals surface area contributed by atoms with Crippen LogP contribution in [0.1, 0.15) is 35.7 Å². The van der Waals surface area contributed by atoms with Gasteiger partial charge in [0.25, 0.3) is 11.8 Å². The molecule has 170 valence electrons. The standard InChI is InChI=1S/C21H23F2N5O4/c1-20(22,23)18(30)27-16(25)13-2-4-14(5-3-13)17(29)26-10-15-11-32-9-8-28(15)19(31)21(12-24)6-7-21/h2-5,15H,6-11H2,1H3,(H,26,29)(H2,25,27,30)/t15-/m1/s1. The summed E-state index contributed by atoms with van der Waals surface area (Å²) in [5, 5.41) is 21.5. The molecular formula is C21H23F2N5O4. The second kappa shape index (κ2) is 9.00. The number of hydrogen-bond donors (Lipinski definition) is 3. The summed E-state index contributed by atoms with van der Waals surface area (Å²) in [6.45, 7) is 1.52. The molecule has 1 aliphatic heterocycles. The van der Waals surface area contributed by atoms with Gasteiger partial charge < -0.3 is 20.3 Å². The zero-order valence-electron chi connectivity index (χ0n) is 17.4. The molecule has 0 aromatic heterocycles. The Hall–Kier alpha value is -3.39. The van der Waals surface area contributed by atoms with Gasteiger partial charge in [-0.15, -0.1) is 0 Å². The molecule has 32 heavy (non-hydrogen) atoms. The summed E-state index contributed by atoms with van der Waals surface area (Å²) in [7, 11) is 0. The van der Waals surface area contributed by atoms with Gasteiger partial charge in [-0.25, -0.2) is 0 Å². The number of carbonyl (C=O) groups is 3. The molecule has 3 N–H and O–H groups in total. The van der Waals surface area contributed by atoms with Gasteiger partial charge in [-0.1, -0.05) is 12.1 Å². The third-order valence-corrected chi connectivity index (χ3v) is 5.43. The third-order valence-electron chi connectivity index (χ3n) is 5.43. The van der Waals surface area contributed by atoms with Crippen molar-refractivity contribution in [2.75, 3.05) is 26.3 Å². The molecule has 2 fully saturated rings. The van der Waals surface area contributed by atoms with E-state index in [0.717, 1.165) is 0 Å². The zero-order chi connectivity index (χ0) is 23.5. The SMILES string of the molecule is CC(F)(F)C(=O)NC(=N)c1ccc(C(=O)NC[C@@H]2COCCN2C(=O)C2(C#N)CC2)cc1. The number of nitrogens with one attached hydrogen (secondary N) is 3. The van der Waals surface area contributed by atoms with Crippen molar-refractivity contribution in [3.8, 4) is 6.07 Å². The molecule has 1 aliphatic carbocycles. The van der Waals surface area contributed by atoms with Crippen molar-refractivity contribution < 1.29 is 27.9 Å². The van der Waals surface area contributed by atoms with Crippen LogP contribution in [0.15, 0.2) is 24.3 Å². The van der Waals surface area contributed by atoms with Gasteiger partial charge in [-0.3, -0.25) is 19.8 Å². The number of alkyl halides is 2. The Bertz CT molecular complexity index is 964. The summed E-state index contributed by atoms with van der Waals surface area (Å²) in [6, 6.07) is 7.19. The van der Waals surface area contributed by atoms with E-state index in [9.17, 15) is 28.4 Å². The van der Waals surface area contributed by atoms with Crippen LogP contribution in [0, 0.1) is 22.2 Å². The summed E-state index contributed by atoms with van der Waals surface area (Å²) >= 11 is 0. The lowest BCUT2D eigenvalue weighted by molar-refractivity contribution is -0.143. The molecule has 9 nitrogen and oxygen atoms in total. The molecule has 1 aromatic rings. The minimum atomic E-state index is -3.61. The molecule has 0 spiro atoms. The number of ether oxygens (including phenoxy) is 1. The molecule has 1 heterocycles. The number of hydrogen-bond acceptors (Lipinski definition) is 6. The first kappa shape index (κ1) is 23.3. The number of nitrogens with zero attached hydrogens (tertiary/aromatic N) is 2. The Morgan fingerprint density at radius 2 is 1.91 bits per heavy atom. The highest BCUT2D eigenvalue weighted by Crippen LogP contribution is 2.46. The van der Waals surface area contributed by atoms with Crippen LogP contribution in [-0.4, -0.2) is 66.7 Å². The van der Waals surface area contributed by atoms with E-state index in [2.05, 4.69) is 11.4 Å². The Kier molecular flexibility index (Phi) is 6.55. The van der Waals surface area contributed by atoms with Crippen LogP contribution in [0.5, 0.6) is 0 Å². The minimum absolute atomic E-state index is 0.130. The maximum atomic E-state index is 13.0. The van der Waals surface area contributed by atoms with Crippen molar-refractivity contribution in [3.05, 3.63) is 35.4 Å². The average Bonchev–Trinajstić information content (AvgIpc) is 3.58. The maximum Gasteiger partial charge on any atom is 0.322 e. The van der Waals surface area contributed by atoms with E-state index in [-0.39, 0.29) is 30.2 Å². The Morgan fingerprint density at radius 1 is 1.28 bits per heavy atom. The molecular weight excluding hydrogens is 424 g/mol. The number of nitriles is 1. The lowest BCUT2D eigenvalue weighted by Gasteiger charge is -2.36. The van der Waals surface area contributed by atoms with Gasteiger partial charge in [0.05, 0.1) is 25.3 Å². The molecule has 11 heteroatoms. The summed E-state index contributed by atoms with van der Waals surface area (Å²) in [6.07, 6.45) is 1.08. The molecule has 3 amide bonds. The van der Waals surface area contributed by atoms with Crippen LogP contribution in [0.4, 0.5) is 8.78 Å². The molecule has 1 saturated heterocycles.